The number of amides is 2. The molecule has 0 spiro atoms. The fourth-order valence-corrected chi connectivity index (χ4v) is 5.12. The molecule has 2 amide bonds. The molecule has 0 saturated carbocycles. The molecule has 1 N–H and O–H groups in total. The molecule has 1 unspecified atom stereocenters. The summed E-state index contributed by atoms with van der Waals surface area (Å²) in [5.41, 5.74) is 0.608. The number of benzene rings is 1. The molecule has 2 rings (SSSR count). The summed E-state index contributed by atoms with van der Waals surface area (Å²) in [4.78, 5) is 28.9. The molecule has 168 valence electrons. The molecule has 1 aromatic rings. The molecular weight excluding hydrogens is 404 g/mol. The summed E-state index contributed by atoms with van der Waals surface area (Å²) in [5, 5.41) is 2.93. The Kier molecular flexibility index (Phi) is 8.81. The molecule has 30 heavy (non-hydrogen) atoms. The predicted octanol–water partition coefficient (Wildman–Crippen LogP) is 1.53. The van der Waals surface area contributed by atoms with Crippen molar-refractivity contribution in [3.63, 3.8) is 0 Å². The van der Waals surface area contributed by atoms with Crippen LogP contribution in [0.2, 0.25) is 0 Å². The third kappa shape index (κ3) is 5.59. The van der Waals surface area contributed by atoms with Gasteiger partial charge in [-0.25, -0.2) is 8.42 Å². The number of nitrogens with zero attached hydrogens (tertiary/aromatic N) is 3. The van der Waals surface area contributed by atoms with E-state index in [-0.39, 0.29) is 23.1 Å². The molecule has 1 atom stereocenters. The van der Waals surface area contributed by atoms with Gasteiger partial charge in [-0.05, 0) is 37.4 Å². The smallest absolute Gasteiger partial charge is 0.243 e. The van der Waals surface area contributed by atoms with E-state index in [0.29, 0.717) is 31.9 Å². The number of sulfonamides is 1. The van der Waals surface area contributed by atoms with Gasteiger partial charge in [-0.2, -0.15) is 4.31 Å². The zero-order valence-electron chi connectivity index (χ0n) is 18.4. The third-order valence-electron chi connectivity index (χ3n) is 5.61. The van der Waals surface area contributed by atoms with Crippen molar-refractivity contribution in [1.29, 1.82) is 0 Å². The first kappa shape index (κ1) is 24.3. The Morgan fingerprint density at radius 3 is 2.20 bits per heavy atom. The minimum absolute atomic E-state index is 0.112. The Labute approximate surface area is 180 Å². The van der Waals surface area contributed by atoms with E-state index in [2.05, 4.69) is 24.1 Å². The van der Waals surface area contributed by atoms with Crippen molar-refractivity contribution in [3.05, 3.63) is 24.3 Å². The van der Waals surface area contributed by atoms with Gasteiger partial charge in [0.2, 0.25) is 21.8 Å². The van der Waals surface area contributed by atoms with Crippen molar-refractivity contribution >= 4 is 27.5 Å². The van der Waals surface area contributed by atoms with Crippen LogP contribution in [0.3, 0.4) is 0 Å². The topological polar surface area (TPSA) is 90.0 Å². The zero-order chi connectivity index (χ0) is 22.3. The maximum absolute atomic E-state index is 12.6. The highest BCUT2D eigenvalue weighted by molar-refractivity contribution is 7.89. The molecule has 0 aliphatic carbocycles. The van der Waals surface area contributed by atoms with Gasteiger partial charge >= 0.3 is 0 Å². The van der Waals surface area contributed by atoms with Gasteiger partial charge in [-0.1, -0.05) is 27.7 Å². The lowest BCUT2D eigenvalue weighted by molar-refractivity contribution is -0.126. The summed E-state index contributed by atoms with van der Waals surface area (Å²) in [6, 6.07) is 6.31. The van der Waals surface area contributed by atoms with Crippen LogP contribution in [-0.2, 0) is 19.6 Å². The summed E-state index contributed by atoms with van der Waals surface area (Å²) in [5.74, 6) is -0.634. The Bertz CT molecular complexity index is 818. The van der Waals surface area contributed by atoms with Crippen LogP contribution in [0, 0.1) is 5.92 Å². The van der Waals surface area contributed by atoms with Gasteiger partial charge in [0.25, 0.3) is 0 Å². The third-order valence-corrected chi connectivity index (χ3v) is 7.67. The average Bonchev–Trinajstić information content (AvgIpc) is 3.13. The molecule has 9 heteroatoms. The van der Waals surface area contributed by atoms with Crippen molar-refractivity contribution in [3.8, 4) is 0 Å². The highest BCUT2D eigenvalue weighted by Gasteiger charge is 2.35. The van der Waals surface area contributed by atoms with E-state index in [1.807, 2.05) is 0 Å². The molecule has 8 nitrogen and oxygen atoms in total. The monoisotopic (exact) mass is 438 g/mol. The van der Waals surface area contributed by atoms with Crippen LogP contribution < -0.4 is 10.2 Å². The fraction of sp³-hybridized carbons (Fsp3) is 0.619. The van der Waals surface area contributed by atoms with E-state index in [0.717, 1.165) is 19.6 Å². The number of likely N-dealkylation sites (N-methyl/N-ethyl adjacent to an activating group) is 1. The average molecular weight is 439 g/mol. The molecule has 1 aliphatic rings. The van der Waals surface area contributed by atoms with Crippen molar-refractivity contribution in [2.45, 2.75) is 39.0 Å². The lowest BCUT2D eigenvalue weighted by atomic mass is 10.1. The van der Waals surface area contributed by atoms with Crippen LogP contribution in [-0.4, -0.2) is 75.3 Å². The van der Waals surface area contributed by atoms with E-state index in [1.54, 1.807) is 30.9 Å². The molecule has 1 heterocycles. The molecule has 0 bridgehead atoms. The van der Waals surface area contributed by atoms with Crippen LogP contribution in [0.5, 0.6) is 0 Å². The van der Waals surface area contributed by atoms with Crippen LogP contribution in [0.4, 0.5) is 5.69 Å². The Morgan fingerprint density at radius 1 is 1.07 bits per heavy atom. The van der Waals surface area contributed by atoms with Crippen molar-refractivity contribution < 1.29 is 18.0 Å². The van der Waals surface area contributed by atoms with Gasteiger partial charge in [0.05, 0.1) is 10.8 Å². The first-order chi connectivity index (χ1) is 14.3. The molecule has 1 aromatic carbocycles. The van der Waals surface area contributed by atoms with Gasteiger partial charge in [0.1, 0.15) is 0 Å². The fourth-order valence-electron chi connectivity index (χ4n) is 3.66. The maximum atomic E-state index is 12.6. The normalized spacial score (nSPS) is 17.2. The minimum Gasteiger partial charge on any atom is -0.355 e. The summed E-state index contributed by atoms with van der Waals surface area (Å²) >= 11 is 0. The standard InChI is InChI=1S/C21H34N4O4S/c1-5-23(6-2)14-13-22-21(27)17-15-20(26)25(16-17)18-9-11-19(12-10-18)30(28,29)24(7-3)8-4/h9-12,17H,5-8,13-16H2,1-4H3,(H,22,27). The summed E-state index contributed by atoms with van der Waals surface area (Å²) in [7, 11) is -3.54. The van der Waals surface area contributed by atoms with Crippen molar-refractivity contribution in [1.82, 2.24) is 14.5 Å². The summed E-state index contributed by atoms with van der Waals surface area (Å²) in [6.45, 7) is 12.1. The molecule has 1 aliphatic heterocycles. The van der Waals surface area contributed by atoms with Gasteiger partial charge < -0.3 is 15.1 Å². The highest BCUT2D eigenvalue weighted by atomic mass is 32.2. The SMILES string of the molecule is CCN(CC)CCNC(=O)C1CC(=O)N(c2ccc(S(=O)(=O)N(CC)CC)cc2)C1. The van der Waals surface area contributed by atoms with Crippen LogP contribution in [0.1, 0.15) is 34.1 Å². The number of carbonyl (C=O) groups is 2. The lowest BCUT2D eigenvalue weighted by Gasteiger charge is -2.20. The van der Waals surface area contributed by atoms with Crippen molar-refractivity contribution in [2.75, 3.05) is 50.7 Å². The summed E-state index contributed by atoms with van der Waals surface area (Å²) < 4.78 is 26.6. The first-order valence-electron chi connectivity index (χ1n) is 10.7. The molecule has 1 saturated heterocycles. The number of hydrogen-bond donors (Lipinski definition) is 1. The quantitative estimate of drug-likeness (QED) is 0.566. The van der Waals surface area contributed by atoms with E-state index in [4.69, 9.17) is 0 Å². The van der Waals surface area contributed by atoms with E-state index >= 15 is 0 Å². The molecule has 1 fully saturated rings. The van der Waals surface area contributed by atoms with E-state index in [9.17, 15) is 18.0 Å². The van der Waals surface area contributed by atoms with Gasteiger partial charge in [0.15, 0.2) is 0 Å². The largest absolute Gasteiger partial charge is 0.355 e. The van der Waals surface area contributed by atoms with Gasteiger partial charge in [-0.3, -0.25) is 9.59 Å². The van der Waals surface area contributed by atoms with Gasteiger partial charge in [0, 0.05) is 44.8 Å². The Morgan fingerprint density at radius 2 is 1.67 bits per heavy atom. The first-order valence-corrected chi connectivity index (χ1v) is 12.1. The zero-order valence-corrected chi connectivity index (χ0v) is 19.2. The van der Waals surface area contributed by atoms with E-state index in [1.165, 1.54) is 16.4 Å². The van der Waals surface area contributed by atoms with Crippen LogP contribution in [0.15, 0.2) is 29.2 Å². The summed E-state index contributed by atoms with van der Waals surface area (Å²) in [6.07, 6.45) is 0.163. The number of anilines is 1. The van der Waals surface area contributed by atoms with Gasteiger partial charge in [-0.15, -0.1) is 0 Å². The van der Waals surface area contributed by atoms with E-state index < -0.39 is 15.9 Å². The second-order valence-electron chi connectivity index (χ2n) is 7.31. The number of hydrogen-bond acceptors (Lipinski definition) is 5. The van der Waals surface area contributed by atoms with Crippen molar-refractivity contribution in [2.24, 2.45) is 5.92 Å². The lowest BCUT2D eigenvalue weighted by Crippen LogP contribution is -2.38. The minimum atomic E-state index is -3.54. The molecule has 0 radical (unpaired) electrons. The Balaban J connectivity index is 2.00. The second kappa shape index (κ2) is 10.9. The number of rotatable bonds is 11. The van der Waals surface area contributed by atoms with Crippen LogP contribution >= 0.6 is 0 Å². The second-order valence-corrected chi connectivity index (χ2v) is 9.24. The Hall–Kier alpha value is -1.97. The predicted molar refractivity (Wildman–Crippen MR) is 118 cm³/mol. The molecular formula is C21H34N4O4S. The maximum Gasteiger partial charge on any atom is 0.243 e. The van der Waals surface area contributed by atoms with Crippen LogP contribution in [0.25, 0.3) is 0 Å². The highest BCUT2D eigenvalue weighted by Crippen LogP contribution is 2.27. The molecule has 0 aromatic heterocycles. The number of carbonyl (C=O) groups excluding carboxylic acids is 2. The number of nitrogens with one attached hydrogen (secondary N) is 1.